The minimum absolute atomic E-state index is 0.171. The van der Waals surface area contributed by atoms with Crippen molar-refractivity contribution in [2.24, 2.45) is 5.10 Å². The van der Waals surface area contributed by atoms with Gasteiger partial charge in [0, 0.05) is 19.8 Å². The number of carbonyl (C=O) groups is 1. The molecule has 88 valence electrons. The first kappa shape index (κ1) is 13.9. The standard InChI is InChI=1S/C11H22N2O2/c1-9(12-13(5)6)7-8-10(14)15-11(2,3)4/h7-8H2,1-6H3. The Labute approximate surface area is 92.3 Å². The van der Waals surface area contributed by atoms with Gasteiger partial charge in [-0.25, -0.2) is 0 Å². The Hall–Kier alpha value is -1.06. The first-order valence-electron chi connectivity index (χ1n) is 5.14. The molecule has 4 heteroatoms. The summed E-state index contributed by atoms with van der Waals surface area (Å²) in [5.74, 6) is -0.171. The number of nitrogens with zero attached hydrogens (tertiary/aromatic N) is 2. The number of carbonyl (C=O) groups excluding carboxylic acids is 1. The van der Waals surface area contributed by atoms with Crippen LogP contribution < -0.4 is 0 Å². The van der Waals surface area contributed by atoms with Gasteiger partial charge in [-0.05, 0) is 34.1 Å². The molecule has 0 aromatic heterocycles. The van der Waals surface area contributed by atoms with Crippen molar-refractivity contribution >= 4 is 11.7 Å². The van der Waals surface area contributed by atoms with Crippen molar-refractivity contribution in [1.82, 2.24) is 5.01 Å². The first-order chi connectivity index (χ1) is 6.70. The molecule has 0 bridgehead atoms. The third-order valence-electron chi connectivity index (χ3n) is 1.48. The zero-order chi connectivity index (χ0) is 12.1. The third kappa shape index (κ3) is 9.25. The summed E-state index contributed by atoms with van der Waals surface area (Å²) in [5, 5.41) is 5.91. The minimum atomic E-state index is -0.399. The van der Waals surface area contributed by atoms with Gasteiger partial charge in [0.05, 0.1) is 6.42 Å². The van der Waals surface area contributed by atoms with Gasteiger partial charge in [0.2, 0.25) is 0 Å². The van der Waals surface area contributed by atoms with Gasteiger partial charge >= 0.3 is 5.97 Å². The Bertz CT molecular complexity index is 239. The summed E-state index contributed by atoms with van der Waals surface area (Å²) in [6, 6.07) is 0. The maximum Gasteiger partial charge on any atom is 0.306 e. The molecule has 0 spiro atoms. The first-order valence-corrected chi connectivity index (χ1v) is 5.14. The van der Waals surface area contributed by atoms with Crippen LogP contribution in [0, 0.1) is 0 Å². The van der Waals surface area contributed by atoms with Crippen molar-refractivity contribution in [3.8, 4) is 0 Å². The van der Waals surface area contributed by atoms with Gasteiger partial charge in [0.25, 0.3) is 0 Å². The number of rotatable bonds is 4. The third-order valence-corrected chi connectivity index (χ3v) is 1.48. The molecule has 0 amide bonds. The molecule has 0 fully saturated rings. The van der Waals surface area contributed by atoms with Gasteiger partial charge in [-0.1, -0.05) is 0 Å². The predicted molar refractivity (Wildman–Crippen MR) is 61.9 cm³/mol. The van der Waals surface area contributed by atoms with E-state index in [0.717, 1.165) is 5.71 Å². The van der Waals surface area contributed by atoms with Crippen LogP contribution in [0.3, 0.4) is 0 Å². The number of esters is 1. The largest absolute Gasteiger partial charge is 0.460 e. The van der Waals surface area contributed by atoms with Gasteiger partial charge in [0.1, 0.15) is 5.60 Å². The van der Waals surface area contributed by atoms with Crippen molar-refractivity contribution < 1.29 is 9.53 Å². The van der Waals surface area contributed by atoms with Crippen LogP contribution in [0.2, 0.25) is 0 Å². The highest BCUT2D eigenvalue weighted by atomic mass is 16.6. The maximum atomic E-state index is 11.4. The summed E-state index contributed by atoms with van der Waals surface area (Å²) < 4.78 is 5.19. The molecule has 0 aromatic carbocycles. The van der Waals surface area contributed by atoms with E-state index in [1.54, 1.807) is 5.01 Å². The van der Waals surface area contributed by atoms with E-state index in [0.29, 0.717) is 12.8 Å². The molecule has 0 unspecified atom stereocenters. The highest BCUT2D eigenvalue weighted by molar-refractivity contribution is 5.85. The predicted octanol–water partition coefficient (Wildman–Crippen LogP) is 2.05. The van der Waals surface area contributed by atoms with E-state index >= 15 is 0 Å². The lowest BCUT2D eigenvalue weighted by Crippen LogP contribution is -2.24. The normalized spacial score (nSPS) is 12.5. The highest BCUT2D eigenvalue weighted by Crippen LogP contribution is 2.09. The van der Waals surface area contributed by atoms with Crippen molar-refractivity contribution in [3.05, 3.63) is 0 Å². The lowest BCUT2D eigenvalue weighted by Gasteiger charge is -2.19. The van der Waals surface area contributed by atoms with Crippen LogP contribution in [0.5, 0.6) is 0 Å². The Morgan fingerprint density at radius 2 is 1.80 bits per heavy atom. The summed E-state index contributed by atoms with van der Waals surface area (Å²) in [5.41, 5.74) is 0.537. The van der Waals surface area contributed by atoms with Crippen LogP contribution in [-0.2, 0) is 9.53 Å². The van der Waals surface area contributed by atoms with Crippen molar-refractivity contribution in [2.45, 2.75) is 46.1 Å². The van der Waals surface area contributed by atoms with Gasteiger partial charge in [-0.3, -0.25) is 4.79 Å². The molecular weight excluding hydrogens is 192 g/mol. The van der Waals surface area contributed by atoms with E-state index in [4.69, 9.17) is 4.74 Å². The zero-order valence-corrected chi connectivity index (χ0v) is 10.6. The molecule has 0 N–H and O–H groups in total. The molecule has 0 aliphatic carbocycles. The Morgan fingerprint density at radius 1 is 1.27 bits per heavy atom. The van der Waals surface area contributed by atoms with E-state index in [2.05, 4.69) is 5.10 Å². The Morgan fingerprint density at radius 3 is 2.20 bits per heavy atom. The van der Waals surface area contributed by atoms with E-state index in [-0.39, 0.29) is 5.97 Å². The molecule has 0 saturated carbocycles. The molecule has 0 atom stereocenters. The monoisotopic (exact) mass is 214 g/mol. The lowest BCUT2D eigenvalue weighted by atomic mass is 10.2. The van der Waals surface area contributed by atoms with Gasteiger partial charge in [-0.15, -0.1) is 0 Å². The second-order valence-corrected chi connectivity index (χ2v) is 4.77. The quantitative estimate of drug-likeness (QED) is 0.408. The topological polar surface area (TPSA) is 41.9 Å². The van der Waals surface area contributed by atoms with Gasteiger partial charge in [0.15, 0.2) is 0 Å². The van der Waals surface area contributed by atoms with Crippen LogP contribution in [0.25, 0.3) is 0 Å². The summed E-state index contributed by atoms with van der Waals surface area (Å²) in [6.07, 6.45) is 1.04. The molecular formula is C11H22N2O2. The maximum absolute atomic E-state index is 11.4. The second-order valence-electron chi connectivity index (χ2n) is 4.77. The summed E-state index contributed by atoms with van der Waals surface area (Å²) >= 11 is 0. The van der Waals surface area contributed by atoms with Crippen LogP contribution in [0.1, 0.15) is 40.5 Å². The van der Waals surface area contributed by atoms with E-state index in [1.807, 2.05) is 41.8 Å². The summed E-state index contributed by atoms with van der Waals surface area (Å²) in [4.78, 5) is 11.4. The number of hydrogen-bond donors (Lipinski definition) is 0. The average molecular weight is 214 g/mol. The minimum Gasteiger partial charge on any atom is -0.460 e. The second kappa shape index (κ2) is 5.73. The molecule has 0 aromatic rings. The smallest absolute Gasteiger partial charge is 0.306 e. The molecule has 4 nitrogen and oxygen atoms in total. The number of hydrogen-bond acceptors (Lipinski definition) is 4. The van der Waals surface area contributed by atoms with Crippen LogP contribution in [-0.4, -0.2) is 36.4 Å². The van der Waals surface area contributed by atoms with E-state index in [1.165, 1.54) is 0 Å². The van der Waals surface area contributed by atoms with Crippen LogP contribution in [0.15, 0.2) is 5.10 Å². The zero-order valence-electron chi connectivity index (χ0n) is 10.6. The summed E-state index contributed by atoms with van der Waals surface area (Å²) in [7, 11) is 3.72. The molecule has 0 heterocycles. The van der Waals surface area contributed by atoms with Crippen molar-refractivity contribution in [1.29, 1.82) is 0 Å². The average Bonchev–Trinajstić information content (AvgIpc) is 1.96. The van der Waals surface area contributed by atoms with E-state index < -0.39 is 5.60 Å². The van der Waals surface area contributed by atoms with Gasteiger partial charge < -0.3 is 9.75 Å². The molecule has 0 rings (SSSR count). The fourth-order valence-corrected chi connectivity index (χ4v) is 1.07. The highest BCUT2D eigenvalue weighted by Gasteiger charge is 2.15. The van der Waals surface area contributed by atoms with Crippen LogP contribution >= 0.6 is 0 Å². The van der Waals surface area contributed by atoms with Crippen molar-refractivity contribution in [3.63, 3.8) is 0 Å². The van der Waals surface area contributed by atoms with Crippen LogP contribution in [0.4, 0.5) is 0 Å². The number of hydrazone groups is 1. The van der Waals surface area contributed by atoms with Crippen molar-refractivity contribution in [2.75, 3.05) is 14.1 Å². The Kier molecular flexibility index (Phi) is 5.33. The summed E-state index contributed by atoms with van der Waals surface area (Å²) in [6.45, 7) is 7.51. The molecule has 15 heavy (non-hydrogen) atoms. The molecule has 0 aliphatic rings. The molecule has 0 aliphatic heterocycles. The lowest BCUT2D eigenvalue weighted by molar-refractivity contribution is -0.154. The fraction of sp³-hybridized carbons (Fsp3) is 0.818. The SMILES string of the molecule is CC(CCC(=O)OC(C)(C)C)=NN(C)C. The Balaban J connectivity index is 3.92. The number of ether oxygens (including phenoxy) is 1. The molecule has 0 saturated heterocycles. The molecule has 0 radical (unpaired) electrons. The van der Waals surface area contributed by atoms with Gasteiger partial charge in [-0.2, -0.15) is 5.10 Å². The fourth-order valence-electron chi connectivity index (χ4n) is 1.07. The van der Waals surface area contributed by atoms with E-state index in [9.17, 15) is 4.79 Å².